The third-order valence-corrected chi connectivity index (χ3v) is 2.74. The Balaban J connectivity index is 2.40. The third-order valence-electron chi connectivity index (χ3n) is 2.74. The first kappa shape index (κ1) is 16.7. The summed E-state index contributed by atoms with van der Waals surface area (Å²) in [6, 6.07) is 0. The molecule has 2 amide bonds. The van der Waals surface area contributed by atoms with Crippen molar-refractivity contribution in [2.45, 2.75) is 45.8 Å². The Bertz CT molecular complexity index is 363. The number of hydrogen-bond acceptors (Lipinski definition) is 5. The molecule has 0 bridgehead atoms. The Morgan fingerprint density at radius 2 is 1.55 bits per heavy atom. The number of rotatable bonds is 2. The fourth-order valence-electron chi connectivity index (χ4n) is 1.84. The van der Waals surface area contributed by atoms with E-state index >= 15 is 0 Å². The maximum Gasteiger partial charge on any atom is 0.422 e. The summed E-state index contributed by atoms with van der Waals surface area (Å²) in [4.78, 5) is 25.1. The van der Waals surface area contributed by atoms with E-state index in [-0.39, 0.29) is 5.91 Å². The molecule has 0 aliphatic carbocycles. The summed E-state index contributed by atoms with van der Waals surface area (Å²) >= 11 is 0. The Morgan fingerprint density at radius 1 is 1.05 bits per heavy atom. The lowest BCUT2D eigenvalue weighted by Gasteiger charge is -2.37. The van der Waals surface area contributed by atoms with E-state index in [2.05, 4.69) is 5.43 Å². The highest BCUT2D eigenvalue weighted by atomic mass is 16.6. The third kappa shape index (κ3) is 5.34. The smallest absolute Gasteiger partial charge is 0.422 e. The molecule has 1 saturated heterocycles. The van der Waals surface area contributed by atoms with Gasteiger partial charge in [-0.1, -0.05) is 0 Å². The second kappa shape index (κ2) is 5.97. The van der Waals surface area contributed by atoms with Crippen LogP contribution in [0.3, 0.4) is 0 Å². The first-order chi connectivity index (χ1) is 8.99. The quantitative estimate of drug-likeness (QED) is 0.765. The highest BCUT2D eigenvalue weighted by Crippen LogP contribution is 2.11. The molecule has 7 nitrogen and oxygen atoms in total. The van der Waals surface area contributed by atoms with Crippen molar-refractivity contribution in [3.8, 4) is 0 Å². The highest BCUT2D eigenvalue weighted by Gasteiger charge is 2.32. The van der Waals surface area contributed by atoms with Gasteiger partial charge < -0.3 is 14.7 Å². The van der Waals surface area contributed by atoms with Crippen molar-refractivity contribution in [1.29, 1.82) is 0 Å². The number of nitrogens with one attached hydrogen (secondary N) is 1. The standard InChI is InChI=1S/C13H25N3O4/c1-12(2,3)20-11(18)14-16-8-6-15(7-9-16)10(17)13(4,5)19/h19H,6-9H2,1-5H3,(H,14,18). The lowest BCUT2D eigenvalue weighted by atomic mass is 10.1. The van der Waals surface area contributed by atoms with Crippen molar-refractivity contribution in [3.63, 3.8) is 0 Å². The van der Waals surface area contributed by atoms with E-state index < -0.39 is 17.3 Å². The van der Waals surface area contributed by atoms with Gasteiger partial charge in [0.2, 0.25) is 0 Å². The van der Waals surface area contributed by atoms with Crippen molar-refractivity contribution in [2.24, 2.45) is 0 Å². The fraction of sp³-hybridized carbons (Fsp3) is 0.846. The molecule has 1 aliphatic heterocycles. The van der Waals surface area contributed by atoms with Crippen molar-refractivity contribution in [1.82, 2.24) is 15.3 Å². The molecule has 0 saturated carbocycles. The van der Waals surface area contributed by atoms with Crippen LogP contribution in [0.5, 0.6) is 0 Å². The molecule has 20 heavy (non-hydrogen) atoms. The molecule has 116 valence electrons. The molecule has 1 aliphatic rings. The molecule has 0 aromatic carbocycles. The average Bonchev–Trinajstić information content (AvgIpc) is 2.25. The van der Waals surface area contributed by atoms with Crippen LogP contribution >= 0.6 is 0 Å². The van der Waals surface area contributed by atoms with Crippen molar-refractivity contribution < 1.29 is 19.4 Å². The van der Waals surface area contributed by atoms with Crippen LogP contribution in [-0.4, -0.2) is 64.4 Å². The van der Waals surface area contributed by atoms with Gasteiger partial charge in [0.25, 0.3) is 5.91 Å². The Hall–Kier alpha value is -1.34. The molecule has 0 unspecified atom stereocenters. The van der Waals surface area contributed by atoms with E-state index in [1.54, 1.807) is 30.7 Å². The predicted octanol–water partition coefficient (Wildman–Crippen LogP) is 0.341. The number of carbonyl (C=O) groups excluding carboxylic acids is 2. The molecule has 1 fully saturated rings. The number of amides is 2. The van der Waals surface area contributed by atoms with Crippen LogP contribution in [0.15, 0.2) is 0 Å². The molecule has 0 spiro atoms. The summed E-state index contributed by atoms with van der Waals surface area (Å²) in [6.45, 7) is 10.3. The van der Waals surface area contributed by atoms with Gasteiger partial charge in [0.1, 0.15) is 11.2 Å². The zero-order valence-corrected chi connectivity index (χ0v) is 12.9. The minimum Gasteiger partial charge on any atom is -0.443 e. The topological polar surface area (TPSA) is 82.1 Å². The van der Waals surface area contributed by atoms with Crippen LogP contribution < -0.4 is 5.43 Å². The molecule has 1 rings (SSSR count). The fourth-order valence-corrected chi connectivity index (χ4v) is 1.84. The number of hydrogen-bond donors (Lipinski definition) is 2. The molecule has 7 heteroatoms. The predicted molar refractivity (Wildman–Crippen MR) is 73.8 cm³/mol. The number of carbonyl (C=O) groups is 2. The molecule has 0 radical (unpaired) electrons. The number of nitrogens with zero attached hydrogens (tertiary/aromatic N) is 2. The van der Waals surface area contributed by atoms with Gasteiger partial charge in [-0.15, -0.1) is 0 Å². The lowest BCUT2D eigenvalue weighted by molar-refractivity contribution is -0.150. The van der Waals surface area contributed by atoms with E-state index in [1.807, 2.05) is 0 Å². The maximum atomic E-state index is 11.9. The Kier molecular flexibility index (Phi) is 4.99. The summed E-state index contributed by atoms with van der Waals surface area (Å²) in [6.07, 6.45) is -0.500. The summed E-state index contributed by atoms with van der Waals surface area (Å²) in [5, 5.41) is 11.4. The van der Waals surface area contributed by atoms with Crippen molar-refractivity contribution >= 4 is 12.0 Å². The zero-order chi connectivity index (χ0) is 15.6. The maximum absolute atomic E-state index is 11.9. The lowest BCUT2D eigenvalue weighted by Crippen LogP contribution is -2.58. The van der Waals surface area contributed by atoms with E-state index in [0.29, 0.717) is 26.2 Å². The van der Waals surface area contributed by atoms with Crippen LogP contribution in [0.25, 0.3) is 0 Å². The zero-order valence-electron chi connectivity index (χ0n) is 12.9. The highest BCUT2D eigenvalue weighted by molar-refractivity contribution is 5.84. The van der Waals surface area contributed by atoms with Crippen molar-refractivity contribution in [2.75, 3.05) is 26.2 Å². The normalized spacial score (nSPS) is 17.8. The number of hydrazine groups is 1. The molecule has 0 atom stereocenters. The average molecular weight is 287 g/mol. The molecule has 0 aromatic heterocycles. The van der Waals surface area contributed by atoms with E-state index in [9.17, 15) is 14.7 Å². The second-order valence-electron chi connectivity index (χ2n) is 6.45. The minimum absolute atomic E-state index is 0.297. The van der Waals surface area contributed by atoms with Gasteiger partial charge in [-0.2, -0.15) is 0 Å². The van der Waals surface area contributed by atoms with Crippen LogP contribution in [0.1, 0.15) is 34.6 Å². The SMILES string of the molecule is CC(C)(C)OC(=O)NN1CCN(C(=O)C(C)(C)O)CC1. The summed E-state index contributed by atoms with van der Waals surface area (Å²) in [7, 11) is 0. The van der Waals surface area contributed by atoms with Gasteiger partial charge in [-0.3, -0.25) is 10.2 Å². The van der Waals surface area contributed by atoms with Gasteiger partial charge in [0.15, 0.2) is 0 Å². The van der Waals surface area contributed by atoms with Crippen molar-refractivity contribution in [3.05, 3.63) is 0 Å². The van der Waals surface area contributed by atoms with Gasteiger partial charge in [0.05, 0.1) is 0 Å². The molecule has 0 aromatic rings. The van der Waals surface area contributed by atoms with E-state index in [4.69, 9.17) is 4.74 Å². The summed E-state index contributed by atoms with van der Waals surface area (Å²) in [5.74, 6) is -0.297. The summed E-state index contributed by atoms with van der Waals surface area (Å²) in [5.41, 5.74) is 0.746. The van der Waals surface area contributed by atoms with Gasteiger partial charge in [-0.25, -0.2) is 9.80 Å². The molecule has 2 N–H and O–H groups in total. The van der Waals surface area contributed by atoms with Gasteiger partial charge in [0, 0.05) is 26.2 Å². The molecule has 1 heterocycles. The van der Waals surface area contributed by atoms with Gasteiger partial charge >= 0.3 is 6.09 Å². The van der Waals surface area contributed by atoms with E-state index in [0.717, 1.165) is 0 Å². The monoisotopic (exact) mass is 287 g/mol. The van der Waals surface area contributed by atoms with Crippen LogP contribution in [0.2, 0.25) is 0 Å². The first-order valence-corrected chi connectivity index (χ1v) is 6.75. The van der Waals surface area contributed by atoms with Crippen LogP contribution in [0.4, 0.5) is 4.79 Å². The van der Waals surface area contributed by atoms with Crippen LogP contribution in [-0.2, 0) is 9.53 Å². The number of piperazine rings is 1. The first-order valence-electron chi connectivity index (χ1n) is 6.75. The Labute approximate surface area is 119 Å². The minimum atomic E-state index is -1.36. The van der Waals surface area contributed by atoms with E-state index in [1.165, 1.54) is 13.8 Å². The number of ether oxygens (including phenoxy) is 1. The second-order valence-corrected chi connectivity index (χ2v) is 6.45. The largest absolute Gasteiger partial charge is 0.443 e. The molecular weight excluding hydrogens is 262 g/mol. The van der Waals surface area contributed by atoms with Crippen LogP contribution in [0, 0.1) is 0 Å². The van der Waals surface area contributed by atoms with Gasteiger partial charge in [-0.05, 0) is 34.6 Å². The molecular formula is C13H25N3O4. The number of aliphatic hydroxyl groups is 1. The Morgan fingerprint density at radius 3 is 1.95 bits per heavy atom. The summed E-state index contributed by atoms with van der Waals surface area (Å²) < 4.78 is 5.16.